The number of unbranched alkanes of at least 4 members (excludes halogenated alkanes) is 4. The highest BCUT2D eigenvalue weighted by Gasteiger charge is 2.13. The Kier molecular flexibility index (Phi) is 22.8. The zero-order chi connectivity index (χ0) is 18.6. The van der Waals surface area contributed by atoms with Crippen molar-refractivity contribution < 1.29 is 0 Å². The third-order valence-electron chi connectivity index (χ3n) is 4.48. The summed E-state index contributed by atoms with van der Waals surface area (Å²) in [4.78, 5) is 7.87. The van der Waals surface area contributed by atoms with Crippen molar-refractivity contribution in [3.8, 4) is 0 Å². The Morgan fingerprint density at radius 3 is 1.42 bits per heavy atom. The molecule has 3 heteroatoms. The van der Waals surface area contributed by atoms with E-state index in [1.807, 2.05) is 27.7 Å². The molecule has 1 fully saturated rings. The quantitative estimate of drug-likeness (QED) is 0.576. The summed E-state index contributed by atoms with van der Waals surface area (Å²) in [5, 5.41) is 0. The largest absolute Gasteiger partial charge is 0.304 e. The molecule has 0 aliphatic carbocycles. The topological polar surface area (TPSA) is 9.72 Å². The molecule has 0 N–H and O–H groups in total. The lowest BCUT2D eigenvalue weighted by atomic mass is 10.2. The van der Waals surface area contributed by atoms with Crippen LogP contribution in [-0.2, 0) is 0 Å². The summed E-state index contributed by atoms with van der Waals surface area (Å²) in [7, 11) is 2.28. The summed E-state index contributed by atoms with van der Waals surface area (Å²) in [6.45, 7) is 22.7. The van der Waals surface area contributed by atoms with E-state index < -0.39 is 0 Å². The summed E-state index contributed by atoms with van der Waals surface area (Å²) < 4.78 is 0. The van der Waals surface area contributed by atoms with Gasteiger partial charge in [-0.15, -0.1) is 0 Å². The number of nitrogens with zero attached hydrogens (tertiary/aromatic N) is 3. The molecule has 0 unspecified atom stereocenters. The average molecular weight is 344 g/mol. The number of hydrogen-bond donors (Lipinski definition) is 0. The lowest BCUT2D eigenvalue weighted by molar-refractivity contribution is 0.215. The van der Waals surface area contributed by atoms with Crippen molar-refractivity contribution in [1.29, 1.82) is 0 Å². The Labute approximate surface area is 154 Å². The zero-order valence-corrected chi connectivity index (χ0v) is 18.2. The van der Waals surface area contributed by atoms with Gasteiger partial charge >= 0.3 is 0 Å². The van der Waals surface area contributed by atoms with Crippen LogP contribution >= 0.6 is 0 Å². The zero-order valence-electron chi connectivity index (χ0n) is 18.2. The van der Waals surface area contributed by atoms with E-state index in [2.05, 4.69) is 35.6 Å². The molecule has 0 aromatic carbocycles. The lowest BCUT2D eigenvalue weighted by Crippen LogP contribution is -2.37. The Hall–Kier alpha value is -0.120. The first-order valence-corrected chi connectivity index (χ1v) is 10.9. The molecule has 0 aromatic rings. The smallest absolute Gasteiger partial charge is 0.0110 e. The van der Waals surface area contributed by atoms with Crippen LogP contribution in [0.1, 0.15) is 80.1 Å². The molecule has 0 saturated carbocycles. The normalized spacial score (nSPS) is 17.6. The molecule has 3 nitrogen and oxygen atoms in total. The molecule has 1 saturated heterocycles. The van der Waals surface area contributed by atoms with E-state index in [1.54, 1.807) is 0 Å². The standard InChI is InChI=1S/C17H37N3.2C2H6/c1-4-6-8-9-11-20-15-13-18(3)12-14-19(16-17-20)10-7-5-2;2*1-2/h4-17H2,1-3H3;2*1-2H3. The first-order chi connectivity index (χ1) is 11.8. The Morgan fingerprint density at radius 2 is 0.958 bits per heavy atom. The van der Waals surface area contributed by atoms with E-state index in [-0.39, 0.29) is 0 Å². The van der Waals surface area contributed by atoms with Gasteiger partial charge in [0.05, 0.1) is 0 Å². The number of rotatable bonds is 8. The van der Waals surface area contributed by atoms with Gasteiger partial charge in [0.25, 0.3) is 0 Å². The Bertz CT molecular complexity index is 221. The van der Waals surface area contributed by atoms with Gasteiger partial charge in [-0.2, -0.15) is 0 Å². The summed E-state index contributed by atoms with van der Waals surface area (Å²) in [5.74, 6) is 0. The molecular weight excluding hydrogens is 294 g/mol. The second-order valence-electron chi connectivity index (χ2n) is 6.40. The highest BCUT2D eigenvalue weighted by molar-refractivity contribution is 4.70. The van der Waals surface area contributed by atoms with Crippen LogP contribution in [0.2, 0.25) is 0 Å². The van der Waals surface area contributed by atoms with Crippen molar-refractivity contribution in [2.45, 2.75) is 80.1 Å². The van der Waals surface area contributed by atoms with Gasteiger partial charge in [-0.25, -0.2) is 0 Å². The van der Waals surface area contributed by atoms with Crippen LogP contribution in [0.4, 0.5) is 0 Å². The van der Waals surface area contributed by atoms with Gasteiger partial charge in [0.2, 0.25) is 0 Å². The SMILES string of the molecule is CC.CC.CCCCCCN1CCN(C)CCN(CCCC)CC1. The van der Waals surface area contributed by atoms with E-state index in [0.29, 0.717) is 0 Å². The first-order valence-electron chi connectivity index (χ1n) is 10.9. The van der Waals surface area contributed by atoms with Crippen LogP contribution in [0.15, 0.2) is 0 Å². The molecule has 0 bridgehead atoms. The summed E-state index contributed by atoms with van der Waals surface area (Å²) in [6.07, 6.45) is 8.19. The molecule has 24 heavy (non-hydrogen) atoms. The molecule has 0 aromatic heterocycles. The van der Waals surface area contributed by atoms with Gasteiger partial charge in [0, 0.05) is 39.3 Å². The van der Waals surface area contributed by atoms with Gasteiger partial charge in [-0.1, -0.05) is 67.2 Å². The van der Waals surface area contributed by atoms with Gasteiger partial charge in [-0.05, 0) is 33.0 Å². The summed E-state index contributed by atoms with van der Waals surface area (Å²) in [5.41, 5.74) is 0. The second kappa shape index (κ2) is 20.9. The molecule has 1 aliphatic heterocycles. The lowest BCUT2D eigenvalue weighted by Gasteiger charge is -2.25. The predicted molar refractivity (Wildman–Crippen MR) is 112 cm³/mol. The third-order valence-corrected chi connectivity index (χ3v) is 4.48. The molecule has 0 atom stereocenters. The maximum atomic E-state index is 2.69. The minimum Gasteiger partial charge on any atom is -0.304 e. The van der Waals surface area contributed by atoms with Gasteiger partial charge in [0.1, 0.15) is 0 Å². The van der Waals surface area contributed by atoms with Gasteiger partial charge < -0.3 is 14.7 Å². The number of likely N-dealkylation sites (N-methyl/N-ethyl adjacent to an activating group) is 1. The van der Waals surface area contributed by atoms with Crippen LogP contribution in [-0.4, -0.2) is 74.1 Å². The fourth-order valence-electron chi connectivity index (χ4n) is 2.83. The van der Waals surface area contributed by atoms with Crippen molar-refractivity contribution in [2.75, 3.05) is 59.4 Å². The van der Waals surface area contributed by atoms with Crippen LogP contribution in [0, 0.1) is 0 Å². The van der Waals surface area contributed by atoms with Gasteiger partial charge in [0.15, 0.2) is 0 Å². The summed E-state index contributed by atoms with van der Waals surface area (Å²) >= 11 is 0. The van der Waals surface area contributed by atoms with Gasteiger partial charge in [-0.3, -0.25) is 0 Å². The average Bonchev–Trinajstić information content (AvgIpc) is 2.72. The van der Waals surface area contributed by atoms with Crippen molar-refractivity contribution in [1.82, 2.24) is 14.7 Å². The van der Waals surface area contributed by atoms with Crippen LogP contribution in [0.3, 0.4) is 0 Å². The van der Waals surface area contributed by atoms with Crippen LogP contribution in [0.25, 0.3) is 0 Å². The van der Waals surface area contributed by atoms with Crippen molar-refractivity contribution in [3.63, 3.8) is 0 Å². The van der Waals surface area contributed by atoms with E-state index in [4.69, 9.17) is 0 Å². The highest BCUT2D eigenvalue weighted by atomic mass is 15.2. The van der Waals surface area contributed by atoms with E-state index in [0.717, 1.165) is 0 Å². The maximum absolute atomic E-state index is 2.69. The number of hydrogen-bond acceptors (Lipinski definition) is 3. The van der Waals surface area contributed by atoms with Crippen LogP contribution < -0.4 is 0 Å². The summed E-state index contributed by atoms with van der Waals surface area (Å²) in [6, 6.07) is 0. The van der Waals surface area contributed by atoms with E-state index in [1.165, 1.54) is 90.9 Å². The fourth-order valence-corrected chi connectivity index (χ4v) is 2.83. The molecule has 148 valence electrons. The molecular formula is C21H49N3. The molecule has 1 aliphatic rings. The second-order valence-corrected chi connectivity index (χ2v) is 6.40. The monoisotopic (exact) mass is 343 g/mol. The Balaban J connectivity index is 0. The van der Waals surface area contributed by atoms with E-state index in [9.17, 15) is 0 Å². The first kappa shape index (κ1) is 26.1. The minimum absolute atomic E-state index is 1.23. The molecule has 0 amide bonds. The predicted octanol–water partition coefficient (Wildman–Crippen LogP) is 4.97. The Morgan fingerprint density at radius 1 is 0.542 bits per heavy atom. The molecule has 1 rings (SSSR count). The van der Waals surface area contributed by atoms with Crippen molar-refractivity contribution in [2.24, 2.45) is 0 Å². The molecule has 1 heterocycles. The van der Waals surface area contributed by atoms with E-state index >= 15 is 0 Å². The van der Waals surface area contributed by atoms with Crippen LogP contribution in [0.5, 0.6) is 0 Å². The van der Waals surface area contributed by atoms with Crippen molar-refractivity contribution >= 4 is 0 Å². The molecule has 0 spiro atoms. The highest BCUT2D eigenvalue weighted by Crippen LogP contribution is 2.05. The third kappa shape index (κ3) is 15.4. The fraction of sp³-hybridized carbons (Fsp3) is 1.00. The molecule has 0 radical (unpaired) electrons. The maximum Gasteiger partial charge on any atom is 0.0110 e. The minimum atomic E-state index is 1.23. The van der Waals surface area contributed by atoms with Crippen molar-refractivity contribution in [3.05, 3.63) is 0 Å².